The fourth-order valence-electron chi connectivity index (χ4n) is 5.29. The Morgan fingerprint density at radius 2 is 2.00 bits per heavy atom. The van der Waals surface area contributed by atoms with Crippen molar-refractivity contribution in [3.63, 3.8) is 0 Å². The molecule has 0 radical (unpaired) electrons. The van der Waals surface area contributed by atoms with Crippen molar-refractivity contribution >= 4 is 35.0 Å². The molecule has 3 aromatic rings. The van der Waals surface area contributed by atoms with Crippen LogP contribution in [0.15, 0.2) is 48.5 Å². The zero-order valence-corrected chi connectivity index (χ0v) is 23.0. The van der Waals surface area contributed by atoms with Crippen molar-refractivity contribution in [2.24, 2.45) is 0 Å². The second-order valence-electron chi connectivity index (χ2n) is 10.6. The van der Waals surface area contributed by atoms with Crippen molar-refractivity contribution in [3.8, 4) is 17.1 Å². The number of alkyl halides is 3. The van der Waals surface area contributed by atoms with Gasteiger partial charge in [0.25, 0.3) is 0 Å². The number of halogens is 4. The lowest BCUT2D eigenvalue weighted by molar-refractivity contribution is -0.141. The number of carbonyl (C=O) groups excluding carboxylic acids is 1. The third-order valence-corrected chi connectivity index (χ3v) is 7.45. The lowest BCUT2D eigenvalue weighted by Gasteiger charge is -2.36. The number of nitrogens with one attached hydrogen (secondary N) is 1. The topological polar surface area (TPSA) is 89.1 Å². The van der Waals surface area contributed by atoms with E-state index in [2.05, 4.69) is 20.2 Å². The van der Waals surface area contributed by atoms with Crippen molar-refractivity contribution in [2.75, 3.05) is 41.4 Å². The Balaban J connectivity index is 1.25. The van der Waals surface area contributed by atoms with Gasteiger partial charge in [-0.05, 0) is 44.5 Å². The molecule has 216 valence electrons. The number of urea groups is 1. The zero-order valence-electron chi connectivity index (χ0n) is 22.2. The summed E-state index contributed by atoms with van der Waals surface area (Å²) in [6, 6.07) is 10.8. The van der Waals surface area contributed by atoms with Gasteiger partial charge in [-0.3, -0.25) is 10.2 Å². The van der Waals surface area contributed by atoms with Crippen LogP contribution in [0, 0.1) is 0 Å². The fraction of sp³-hybridized carbons (Fsp3) is 0.393. The molecule has 13 heteroatoms. The minimum atomic E-state index is -4.52. The predicted molar refractivity (Wildman–Crippen MR) is 146 cm³/mol. The van der Waals surface area contributed by atoms with E-state index in [0.717, 1.165) is 12.1 Å². The molecule has 9 nitrogen and oxygen atoms in total. The van der Waals surface area contributed by atoms with Crippen molar-refractivity contribution in [1.29, 1.82) is 0 Å². The molecular formula is C28H27ClF3N5O4. The lowest BCUT2D eigenvalue weighted by Crippen LogP contribution is -2.48. The van der Waals surface area contributed by atoms with Gasteiger partial charge in [-0.15, -0.1) is 0 Å². The van der Waals surface area contributed by atoms with E-state index in [1.807, 2.05) is 13.8 Å². The molecule has 2 saturated heterocycles. The van der Waals surface area contributed by atoms with Gasteiger partial charge in [0.2, 0.25) is 5.88 Å². The summed E-state index contributed by atoms with van der Waals surface area (Å²) in [6.07, 6.45) is -4.08. The molecule has 0 spiro atoms. The maximum absolute atomic E-state index is 13.6. The number of fused-ring (bicyclic) bond motifs is 4. The average molecular weight is 590 g/mol. The smallest absolute Gasteiger partial charge is 0.416 e. The zero-order chi connectivity index (χ0) is 28.9. The Labute approximate surface area is 239 Å². The first kappa shape index (κ1) is 27.6. The summed E-state index contributed by atoms with van der Waals surface area (Å²) >= 11 is 6.53. The van der Waals surface area contributed by atoms with Gasteiger partial charge < -0.3 is 19.1 Å². The molecule has 41 heavy (non-hydrogen) atoms. The highest BCUT2D eigenvalue weighted by Gasteiger charge is 2.41. The highest BCUT2D eigenvalue weighted by molar-refractivity contribution is 6.33. The Morgan fingerprint density at radius 3 is 2.76 bits per heavy atom. The molecule has 2 amide bonds. The Kier molecular flexibility index (Phi) is 6.95. The van der Waals surface area contributed by atoms with E-state index in [1.54, 1.807) is 24.3 Å². The number of hydrogen-bond donors (Lipinski definition) is 1. The number of benzene rings is 1. The molecule has 2 bridgehead atoms. The molecule has 5 heterocycles. The van der Waals surface area contributed by atoms with E-state index in [0.29, 0.717) is 43.5 Å². The summed E-state index contributed by atoms with van der Waals surface area (Å²) in [5.41, 5.74) is 0.188. The average Bonchev–Trinajstić information content (AvgIpc) is 3.50. The number of anilines is 3. The van der Waals surface area contributed by atoms with Crippen LogP contribution in [0.2, 0.25) is 5.02 Å². The van der Waals surface area contributed by atoms with Gasteiger partial charge in [-0.25, -0.2) is 9.78 Å². The summed E-state index contributed by atoms with van der Waals surface area (Å²) in [6.45, 7) is 5.56. The molecule has 3 aliphatic rings. The molecule has 1 aromatic carbocycles. The highest BCUT2D eigenvalue weighted by atomic mass is 35.5. The van der Waals surface area contributed by atoms with E-state index in [1.165, 1.54) is 17.0 Å². The number of amides is 2. The largest absolute Gasteiger partial charge is 0.475 e. The first-order chi connectivity index (χ1) is 19.5. The minimum absolute atomic E-state index is 0.159. The first-order valence-electron chi connectivity index (χ1n) is 13.1. The van der Waals surface area contributed by atoms with E-state index in [9.17, 15) is 18.0 Å². The third-order valence-electron chi connectivity index (χ3n) is 7.16. The second-order valence-corrected chi connectivity index (χ2v) is 11.0. The SMILES string of the molecule is CC1(C)OC[C@@H](COc2cccc(NC(=O)N3c4nc(-c5cccc(C(F)(F)F)c5)c(Cl)cc4N4CC[C@H]3C4)n2)O1. The van der Waals surface area contributed by atoms with Crippen LogP contribution in [0.4, 0.5) is 35.3 Å². The fourth-order valence-corrected chi connectivity index (χ4v) is 5.54. The van der Waals surface area contributed by atoms with Gasteiger partial charge in [0.05, 0.1) is 34.6 Å². The summed E-state index contributed by atoms with van der Waals surface area (Å²) < 4.78 is 57.2. The number of rotatable bonds is 5. The molecule has 2 fully saturated rings. The molecular weight excluding hydrogens is 563 g/mol. The molecule has 0 unspecified atom stereocenters. The van der Waals surface area contributed by atoms with Gasteiger partial charge in [0.1, 0.15) is 18.5 Å². The third kappa shape index (κ3) is 5.64. The standard InChI is InChI=1S/C28H27ClF3N5O4/c1-27(2)40-15-19(41-27)14-39-23-8-4-7-22(33-23)34-26(38)37-18-9-10-36(13-18)21-12-20(29)24(35-25(21)37)16-5-3-6-17(11-16)28(30,31)32/h3-8,11-12,18-19H,9-10,13-15H2,1-2H3,(H,33,34,38)/t18-,19+/m0/s1. The number of nitrogens with zero attached hydrogens (tertiary/aromatic N) is 4. The number of aromatic nitrogens is 2. The highest BCUT2D eigenvalue weighted by Crippen LogP contribution is 2.44. The molecule has 3 aliphatic heterocycles. The quantitative estimate of drug-likeness (QED) is 0.392. The van der Waals surface area contributed by atoms with Gasteiger partial charge in [-0.1, -0.05) is 29.8 Å². The number of pyridine rings is 2. The van der Waals surface area contributed by atoms with Gasteiger partial charge in [-0.2, -0.15) is 18.2 Å². The summed E-state index contributed by atoms with van der Waals surface area (Å²) in [4.78, 5) is 26.3. The Hall–Kier alpha value is -3.61. The van der Waals surface area contributed by atoms with Gasteiger partial charge in [0, 0.05) is 24.7 Å². The molecule has 0 aliphatic carbocycles. The molecule has 6 rings (SSSR count). The maximum atomic E-state index is 13.6. The predicted octanol–water partition coefficient (Wildman–Crippen LogP) is 5.98. The summed E-state index contributed by atoms with van der Waals surface area (Å²) in [7, 11) is 0. The maximum Gasteiger partial charge on any atom is 0.416 e. The van der Waals surface area contributed by atoms with E-state index in [-0.39, 0.29) is 40.9 Å². The van der Waals surface area contributed by atoms with E-state index < -0.39 is 23.6 Å². The summed E-state index contributed by atoms with van der Waals surface area (Å²) in [5, 5.41) is 3.01. The number of carbonyl (C=O) groups is 1. The normalized spacial score (nSPS) is 21.1. The van der Waals surface area contributed by atoms with Crippen LogP contribution in [-0.4, -0.2) is 60.2 Å². The van der Waals surface area contributed by atoms with E-state index in [4.69, 9.17) is 25.8 Å². The Morgan fingerprint density at radius 1 is 1.20 bits per heavy atom. The van der Waals surface area contributed by atoms with Crippen LogP contribution < -0.4 is 19.9 Å². The van der Waals surface area contributed by atoms with Crippen molar-refractivity contribution in [2.45, 2.75) is 44.4 Å². The first-order valence-corrected chi connectivity index (χ1v) is 13.5. The molecule has 2 aromatic heterocycles. The second kappa shape index (κ2) is 10.3. The van der Waals surface area contributed by atoms with Crippen molar-refractivity contribution in [1.82, 2.24) is 9.97 Å². The van der Waals surface area contributed by atoms with Gasteiger partial charge >= 0.3 is 12.2 Å². The monoisotopic (exact) mass is 589 g/mol. The van der Waals surface area contributed by atoms with Gasteiger partial charge in [0.15, 0.2) is 11.6 Å². The molecule has 0 saturated carbocycles. The van der Waals surface area contributed by atoms with Crippen molar-refractivity contribution in [3.05, 3.63) is 59.1 Å². The van der Waals surface area contributed by atoms with Crippen LogP contribution in [0.3, 0.4) is 0 Å². The Bertz CT molecular complexity index is 1490. The summed E-state index contributed by atoms with van der Waals surface area (Å²) in [5.74, 6) is 0.225. The van der Waals surface area contributed by atoms with Crippen molar-refractivity contribution < 1.29 is 32.2 Å². The van der Waals surface area contributed by atoms with Crippen LogP contribution in [0.25, 0.3) is 11.3 Å². The van der Waals surface area contributed by atoms with Crippen LogP contribution in [0.1, 0.15) is 25.8 Å². The molecule has 1 N–H and O–H groups in total. The van der Waals surface area contributed by atoms with E-state index >= 15 is 0 Å². The number of ether oxygens (including phenoxy) is 3. The minimum Gasteiger partial charge on any atom is -0.475 e. The van der Waals surface area contributed by atoms with Crippen LogP contribution >= 0.6 is 11.6 Å². The molecule has 2 atom stereocenters. The number of hydrogen-bond acceptors (Lipinski definition) is 7. The lowest BCUT2D eigenvalue weighted by atomic mass is 10.1. The van der Waals surface area contributed by atoms with Crippen LogP contribution in [0.5, 0.6) is 5.88 Å². The van der Waals surface area contributed by atoms with Crippen LogP contribution in [-0.2, 0) is 15.7 Å².